The van der Waals surface area contributed by atoms with E-state index in [0.717, 1.165) is 50.6 Å². The molecule has 1 saturated heterocycles. The van der Waals surface area contributed by atoms with Crippen molar-refractivity contribution in [1.82, 2.24) is 20.1 Å². The van der Waals surface area contributed by atoms with Crippen molar-refractivity contribution in [3.63, 3.8) is 0 Å². The maximum Gasteiger partial charge on any atom is 0.135 e. The van der Waals surface area contributed by atoms with E-state index in [9.17, 15) is 0 Å². The zero-order valence-corrected chi connectivity index (χ0v) is 11.6. The molecule has 0 radical (unpaired) electrons. The van der Waals surface area contributed by atoms with Crippen molar-refractivity contribution in [1.29, 1.82) is 0 Å². The van der Waals surface area contributed by atoms with E-state index in [1.54, 1.807) is 0 Å². The van der Waals surface area contributed by atoms with Crippen molar-refractivity contribution in [3.8, 4) is 0 Å². The number of rotatable bonds is 5. The van der Waals surface area contributed by atoms with E-state index in [1.165, 1.54) is 0 Å². The highest BCUT2D eigenvalue weighted by Gasteiger charge is 2.15. The lowest BCUT2D eigenvalue weighted by Gasteiger charge is -2.23. The maximum absolute atomic E-state index is 5.91. The fourth-order valence-corrected chi connectivity index (χ4v) is 2.53. The van der Waals surface area contributed by atoms with Gasteiger partial charge in [-0.2, -0.15) is 0 Å². The highest BCUT2D eigenvalue weighted by molar-refractivity contribution is 4.96. The normalized spacial score (nSPS) is 17.6. The van der Waals surface area contributed by atoms with Gasteiger partial charge in [0.2, 0.25) is 0 Å². The lowest BCUT2D eigenvalue weighted by Crippen LogP contribution is -2.32. The van der Waals surface area contributed by atoms with Crippen LogP contribution >= 0.6 is 0 Å². The first kappa shape index (κ1) is 13.5. The van der Waals surface area contributed by atoms with Gasteiger partial charge in [-0.3, -0.25) is 0 Å². The molecule has 0 spiro atoms. The summed E-state index contributed by atoms with van der Waals surface area (Å²) in [5, 5.41) is 11.7. The van der Waals surface area contributed by atoms with Crippen molar-refractivity contribution in [3.05, 3.63) is 11.6 Å². The number of hydrogen-bond acceptors (Lipinski definition) is 4. The Morgan fingerprint density at radius 2 is 2.06 bits per heavy atom. The Hall–Kier alpha value is -0.940. The number of hydrogen-bond donors (Lipinski definition) is 1. The van der Waals surface area contributed by atoms with Crippen molar-refractivity contribution in [2.75, 3.05) is 19.7 Å². The standard InChI is InChI=1S/C13H24N4O/c1-10(2)17-11(3)15-16-13(17)6-9-18-12-4-7-14-8-5-12/h10,12,14H,4-9H2,1-3H3. The van der Waals surface area contributed by atoms with Gasteiger partial charge in [-0.1, -0.05) is 0 Å². The number of aryl methyl sites for hydroxylation is 1. The van der Waals surface area contributed by atoms with Gasteiger partial charge in [0.25, 0.3) is 0 Å². The predicted octanol–water partition coefficient (Wildman–Crippen LogP) is 1.48. The molecule has 5 nitrogen and oxygen atoms in total. The molecule has 0 aliphatic carbocycles. The molecule has 18 heavy (non-hydrogen) atoms. The molecule has 1 aliphatic heterocycles. The second kappa shape index (κ2) is 6.29. The van der Waals surface area contributed by atoms with Crippen molar-refractivity contribution < 1.29 is 4.74 Å². The maximum atomic E-state index is 5.91. The molecule has 1 aliphatic rings. The molecule has 2 rings (SSSR count). The summed E-state index contributed by atoms with van der Waals surface area (Å²) in [5.74, 6) is 2.03. The molecule has 1 fully saturated rings. The van der Waals surface area contributed by atoms with Crippen LogP contribution in [0.25, 0.3) is 0 Å². The zero-order valence-electron chi connectivity index (χ0n) is 11.6. The van der Waals surface area contributed by atoms with Crippen molar-refractivity contribution in [2.45, 2.75) is 52.2 Å². The Bertz CT molecular complexity index is 369. The molecule has 1 aromatic rings. The first-order valence-corrected chi connectivity index (χ1v) is 6.91. The molecule has 0 aromatic carbocycles. The molecular weight excluding hydrogens is 228 g/mol. The van der Waals surface area contributed by atoms with E-state index in [0.29, 0.717) is 12.1 Å². The largest absolute Gasteiger partial charge is 0.378 e. The van der Waals surface area contributed by atoms with Crippen LogP contribution in [0.2, 0.25) is 0 Å². The minimum absolute atomic E-state index is 0.411. The van der Waals surface area contributed by atoms with Gasteiger partial charge >= 0.3 is 0 Å². The lowest BCUT2D eigenvalue weighted by atomic mass is 10.1. The quantitative estimate of drug-likeness (QED) is 0.862. The first-order chi connectivity index (χ1) is 8.68. The second-order valence-corrected chi connectivity index (χ2v) is 5.20. The van der Waals surface area contributed by atoms with Crippen LogP contribution in [-0.4, -0.2) is 40.6 Å². The Morgan fingerprint density at radius 1 is 1.33 bits per heavy atom. The SMILES string of the molecule is Cc1nnc(CCOC2CCNCC2)n1C(C)C. The van der Waals surface area contributed by atoms with Crippen LogP contribution in [0, 0.1) is 6.92 Å². The van der Waals surface area contributed by atoms with Crippen LogP contribution in [0.15, 0.2) is 0 Å². The van der Waals surface area contributed by atoms with E-state index in [1.807, 2.05) is 6.92 Å². The van der Waals surface area contributed by atoms with Crippen LogP contribution in [0.5, 0.6) is 0 Å². The third kappa shape index (κ3) is 3.29. The Morgan fingerprint density at radius 3 is 2.72 bits per heavy atom. The van der Waals surface area contributed by atoms with Gasteiger partial charge < -0.3 is 14.6 Å². The summed E-state index contributed by atoms with van der Waals surface area (Å²) >= 11 is 0. The summed E-state index contributed by atoms with van der Waals surface area (Å²) in [6.07, 6.45) is 3.51. The van der Waals surface area contributed by atoms with E-state index in [4.69, 9.17) is 4.74 Å². The fraction of sp³-hybridized carbons (Fsp3) is 0.846. The molecule has 0 bridgehead atoms. The summed E-state index contributed by atoms with van der Waals surface area (Å²) in [7, 11) is 0. The minimum atomic E-state index is 0.411. The third-order valence-electron chi connectivity index (χ3n) is 3.42. The Kier molecular flexibility index (Phi) is 4.72. The van der Waals surface area contributed by atoms with Gasteiger partial charge in [0, 0.05) is 12.5 Å². The Labute approximate surface area is 109 Å². The van der Waals surface area contributed by atoms with Crippen LogP contribution in [0.1, 0.15) is 44.4 Å². The van der Waals surface area contributed by atoms with Crippen LogP contribution in [0.3, 0.4) is 0 Å². The third-order valence-corrected chi connectivity index (χ3v) is 3.42. The molecule has 5 heteroatoms. The second-order valence-electron chi connectivity index (χ2n) is 5.20. The number of aromatic nitrogens is 3. The van der Waals surface area contributed by atoms with Gasteiger partial charge in [-0.05, 0) is 46.7 Å². The van der Waals surface area contributed by atoms with Gasteiger partial charge in [0.15, 0.2) is 0 Å². The summed E-state index contributed by atoms with van der Waals surface area (Å²) in [4.78, 5) is 0. The number of ether oxygens (including phenoxy) is 1. The molecule has 0 unspecified atom stereocenters. The van der Waals surface area contributed by atoms with Crippen LogP contribution in [0.4, 0.5) is 0 Å². The summed E-state index contributed by atoms with van der Waals surface area (Å²) in [6.45, 7) is 9.22. The number of piperidine rings is 1. The minimum Gasteiger partial charge on any atom is -0.378 e. The summed E-state index contributed by atoms with van der Waals surface area (Å²) < 4.78 is 8.10. The number of nitrogens with one attached hydrogen (secondary N) is 1. The zero-order chi connectivity index (χ0) is 13.0. The molecule has 2 heterocycles. The Balaban J connectivity index is 1.82. The monoisotopic (exact) mass is 252 g/mol. The van der Waals surface area contributed by atoms with Gasteiger partial charge in [-0.25, -0.2) is 0 Å². The highest BCUT2D eigenvalue weighted by atomic mass is 16.5. The molecule has 0 amide bonds. The van der Waals surface area contributed by atoms with Crippen LogP contribution in [-0.2, 0) is 11.2 Å². The summed E-state index contributed by atoms with van der Waals surface area (Å²) in [5.41, 5.74) is 0. The topological polar surface area (TPSA) is 52.0 Å². The molecule has 0 atom stereocenters. The molecule has 0 saturated carbocycles. The highest BCUT2D eigenvalue weighted by Crippen LogP contribution is 2.12. The van der Waals surface area contributed by atoms with Crippen molar-refractivity contribution in [2.24, 2.45) is 0 Å². The van der Waals surface area contributed by atoms with Gasteiger partial charge in [-0.15, -0.1) is 10.2 Å². The van der Waals surface area contributed by atoms with Crippen molar-refractivity contribution >= 4 is 0 Å². The molecular formula is C13H24N4O. The smallest absolute Gasteiger partial charge is 0.135 e. The summed E-state index contributed by atoms with van der Waals surface area (Å²) in [6, 6.07) is 0.411. The van der Waals surface area contributed by atoms with E-state index in [-0.39, 0.29) is 0 Å². The van der Waals surface area contributed by atoms with Gasteiger partial charge in [0.1, 0.15) is 11.6 Å². The van der Waals surface area contributed by atoms with Gasteiger partial charge in [0.05, 0.1) is 12.7 Å². The molecule has 1 aromatic heterocycles. The average molecular weight is 252 g/mol. The average Bonchev–Trinajstić information content (AvgIpc) is 2.72. The van der Waals surface area contributed by atoms with E-state index in [2.05, 4.69) is 33.9 Å². The molecule has 1 N–H and O–H groups in total. The van der Waals surface area contributed by atoms with E-state index >= 15 is 0 Å². The number of nitrogens with zero attached hydrogens (tertiary/aromatic N) is 3. The van der Waals surface area contributed by atoms with E-state index < -0.39 is 0 Å². The first-order valence-electron chi connectivity index (χ1n) is 6.91. The predicted molar refractivity (Wildman–Crippen MR) is 70.7 cm³/mol. The lowest BCUT2D eigenvalue weighted by molar-refractivity contribution is 0.0338. The van der Waals surface area contributed by atoms with Crippen LogP contribution < -0.4 is 5.32 Å². The molecule has 102 valence electrons. The fourth-order valence-electron chi connectivity index (χ4n) is 2.53.